The number of nitrogens with zero attached hydrogens (tertiary/aromatic N) is 1. The molecule has 1 aliphatic heterocycles. The van der Waals surface area contributed by atoms with Crippen LogP contribution in [-0.4, -0.2) is 49.5 Å². The molecule has 0 aromatic carbocycles. The largest absolute Gasteiger partial charge is 1.00 e. The van der Waals surface area contributed by atoms with Gasteiger partial charge in [-0.05, 0) is 6.92 Å². The molecule has 0 amide bonds. The summed E-state index contributed by atoms with van der Waals surface area (Å²) in [7, 11) is -3.93. The molecular formula is C6H13ClNNaO4S. The van der Waals surface area contributed by atoms with Gasteiger partial charge in [-0.2, -0.15) is 8.42 Å². The van der Waals surface area contributed by atoms with E-state index in [1.54, 1.807) is 4.90 Å². The van der Waals surface area contributed by atoms with Crippen LogP contribution in [0.3, 0.4) is 0 Å². The molecule has 0 radical (unpaired) electrons. The van der Waals surface area contributed by atoms with Crippen molar-refractivity contribution in [3.05, 3.63) is 0 Å². The van der Waals surface area contributed by atoms with E-state index in [4.69, 9.17) is 9.29 Å². The summed E-state index contributed by atoms with van der Waals surface area (Å²) >= 11 is 0. The van der Waals surface area contributed by atoms with Crippen LogP contribution in [0, 0.1) is 0 Å². The first-order valence-electron chi connectivity index (χ1n) is 3.80. The van der Waals surface area contributed by atoms with Crippen LogP contribution >= 0.6 is 0 Å². The van der Waals surface area contributed by atoms with Crippen molar-refractivity contribution in [1.29, 1.82) is 0 Å². The Balaban J connectivity index is 0. The maximum Gasteiger partial charge on any atom is 1.00 e. The fourth-order valence-electron chi connectivity index (χ4n) is 1.13. The molecule has 80 valence electrons. The van der Waals surface area contributed by atoms with Crippen molar-refractivity contribution in [2.24, 2.45) is 0 Å². The van der Waals surface area contributed by atoms with Gasteiger partial charge >= 0.3 is 29.6 Å². The zero-order valence-electron chi connectivity index (χ0n) is 8.31. The summed E-state index contributed by atoms with van der Waals surface area (Å²) in [6.45, 7) is 3.64. The molecule has 1 N–H and O–H groups in total. The van der Waals surface area contributed by atoms with Gasteiger partial charge in [-0.15, -0.1) is 0 Å². The summed E-state index contributed by atoms with van der Waals surface area (Å²) < 4.78 is 35.2. The number of rotatable bonds is 2. The zero-order chi connectivity index (χ0) is 9.19. The van der Waals surface area contributed by atoms with E-state index >= 15 is 0 Å². The molecule has 1 heterocycles. The quantitative estimate of drug-likeness (QED) is 0.392. The molecule has 1 fully saturated rings. The van der Waals surface area contributed by atoms with Gasteiger partial charge in [0.15, 0.2) is 0 Å². The Morgan fingerprint density at radius 3 is 2.14 bits per heavy atom. The van der Waals surface area contributed by atoms with E-state index in [0.29, 0.717) is 26.3 Å². The fraction of sp³-hybridized carbons (Fsp3) is 1.00. The van der Waals surface area contributed by atoms with Crippen LogP contribution in [0.4, 0.5) is 0 Å². The van der Waals surface area contributed by atoms with E-state index in [2.05, 4.69) is 0 Å². The molecule has 0 spiro atoms. The van der Waals surface area contributed by atoms with Crippen LogP contribution in [0.15, 0.2) is 0 Å². The molecule has 1 rings (SSSR count). The van der Waals surface area contributed by atoms with E-state index in [-0.39, 0.29) is 42.0 Å². The molecule has 0 aromatic rings. The number of ether oxygens (including phenoxy) is 1. The van der Waals surface area contributed by atoms with Gasteiger partial charge in [0.25, 0.3) is 10.1 Å². The fourth-order valence-corrected chi connectivity index (χ4v) is 1.72. The Hall–Kier alpha value is 1.12. The summed E-state index contributed by atoms with van der Waals surface area (Å²) in [4.78, 5) is 1.68. The molecule has 0 saturated carbocycles. The molecule has 1 atom stereocenters. The van der Waals surface area contributed by atoms with Crippen molar-refractivity contribution in [2.75, 3.05) is 26.3 Å². The van der Waals surface area contributed by atoms with E-state index in [9.17, 15) is 8.42 Å². The monoisotopic (exact) mass is 253 g/mol. The van der Waals surface area contributed by atoms with Crippen molar-refractivity contribution in [2.45, 2.75) is 12.3 Å². The summed E-state index contributed by atoms with van der Waals surface area (Å²) in [5.74, 6) is 0. The maximum absolute atomic E-state index is 10.7. The van der Waals surface area contributed by atoms with Crippen LogP contribution in [0.5, 0.6) is 0 Å². The first-order valence-corrected chi connectivity index (χ1v) is 5.30. The molecular weight excluding hydrogens is 241 g/mol. The molecule has 1 saturated heterocycles. The summed E-state index contributed by atoms with van der Waals surface area (Å²) in [5.41, 5.74) is 0. The van der Waals surface area contributed by atoms with Gasteiger partial charge in [0.2, 0.25) is 0 Å². The third-order valence-electron chi connectivity index (χ3n) is 1.99. The Labute approximate surface area is 113 Å². The van der Waals surface area contributed by atoms with Gasteiger partial charge in [0.05, 0.1) is 13.2 Å². The molecule has 0 aromatic heterocycles. The van der Waals surface area contributed by atoms with Gasteiger partial charge < -0.3 is 17.1 Å². The third kappa shape index (κ3) is 5.27. The number of morpholine rings is 1. The maximum atomic E-state index is 10.7. The Kier molecular flexibility index (Phi) is 9.26. The van der Waals surface area contributed by atoms with Crippen LogP contribution in [-0.2, 0) is 14.9 Å². The molecule has 14 heavy (non-hydrogen) atoms. The minimum Gasteiger partial charge on any atom is -1.00 e. The second-order valence-electron chi connectivity index (χ2n) is 2.76. The Morgan fingerprint density at radius 1 is 1.36 bits per heavy atom. The second-order valence-corrected chi connectivity index (χ2v) is 4.47. The minimum atomic E-state index is -3.93. The molecule has 8 heteroatoms. The number of halogens is 1. The average molecular weight is 254 g/mol. The average Bonchev–Trinajstić information content (AvgIpc) is 2.03. The van der Waals surface area contributed by atoms with Crippen molar-refractivity contribution in [3.63, 3.8) is 0 Å². The van der Waals surface area contributed by atoms with Crippen LogP contribution in [0.1, 0.15) is 6.92 Å². The van der Waals surface area contributed by atoms with Gasteiger partial charge in [-0.25, -0.2) is 0 Å². The zero-order valence-corrected chi connectivity index (χ0v) is 11.9. The van der Waals surface area contributed by atoms with Crippen LogP contribution in [0.2, 0.25) is 0 Å². The van der Waals surface area contributed by atoms with E-state index < -0.39 is 15.5 Å². The minimum absolute atomic E-state index is 0. The standard InChI is InChI=1S/C6H13NO4S.ClH.Na/c1-6(12(8,9)10)7-2-4-11-5-3-7;;/h6H,2-5H2,1H3,(H,8,9,10);1H;/q;;+1/p-1. The molecule has 0 bridgehead atoms. The predicted octanol–water partition coefficient (Wildman–Crippen LogP) is -6.44. The van der Waals surface area contributed by atoms with Crippen molar-refractivity contribution in [1.82, 2.24) is 4.90 Å². The Morgan fingerprint density at radius 2 is 1.79 bits per heavy atom. The van der Waals surface area contributed by atoms with E-state index in [1.807, 2.05) is 0 Å². The van der Waals surface area contributed by atoms with Crippen molar-refractivity contribution < 1.29 is 59.7 Å². The van der Waals surface area contributed by atoms with Gasteiger partial charge in [-0.3, -0.25) is 9.45 Å². The summed E-state index contributed by atoms with van der Waals surface area (Å²) in [6, 6.07) is 0. The van der Waals surface area contributed by atoms with Crippen molar-refractivity contribution in [3.8, 4) is 0 Å². The van der Waals surface area contributed by atoms with Gasteiger partial charge in [0.1, 0.15) is 5.37 Å². The SMILES string of the molecule is CC(N1CCOCC1)S(=O)(=O)O.[Cl-].[Na+]. The van der Waals surface area contributed by atoms with Crippen LogP contribution < -0.4 is 42.0 Å². The van der Waals surface area contributed by atoms with Crippen LogP contribution in [0.25, 0.3) is 0 Å². The first kappa shape index (κ1) is 17.5. The first-order chi connectivity index (χ1) is 5.52. The van der Waals surface area contributed by atoms with Gasteiger partial charge in [-0.1, -0.05) is 0 Å². The number of hydrogen-bond acceptors (Lipinski definition) is 4. The topological polar surface area (TPSA) is 66.8 Å². The number of hydrogen-bond donors (Lipinski definition) is 1. The molecule has 0 aliphatic carbocycles. The summed E-state index contributed by atoms with van der Waals surface area (Å²) in [6.07, 6.45) is 0. The smallest absolute Gasteiger partial charge is 1.00 e. The molecule has 5 nitrogen and oxygen atoms in total. The van der Waals surface area contributed by atoms with E-state index in [0.717, 1.165) is 0 Å². The second kappa shape index (κ2) is 7.40. The van der Waals surface area contributed by atoms with E-state index in [1.165, 1.54) is 6.92 Å². The Bertz CT molecular complexity index is 242. The third-order valence-corrected chi connectivity index (χ3v) is 3.15. The molecule has 1 aliphatic rings. The summed E-state index contributed by atoms with van der Waals surface area (Å²) in [5, 5.41) is -0.818. The molecule has 1 unspecified atom stereocenters. The predicted molar refractivity (Wildman–Crippen MR) is 43.4 cm³/mol. The van der Waals surface area contributed by atoms with Gasteiger partial charge in [0, 0.05) is 13.1 Å². The van der Waals surface area contributed by atoms with Crippen molar-refractivity contribution >= 4 is 10.1 Å². The normalized spacial score (nSPS) is 20.4.